The van der Waals surface area contributed by atoms with Crippen molar-refractivity contribution in [1.29, 1.82) is 0 Å². The Hall–Kier alpha value is -2.00. The zero-order valence-electron chi connectivity index (χ0n) is 13.3. The normalized spacial score (nSPS) is 17.0. The number of rotatable bonds is 5. The fourth-order valence-corrected chi connectivity index (χ4v) is 2.80. The van der Waals surface area contributed by atoms with Crippen LogP contribution in [0.15, 0.2) is 54.6 Å². The maximum absolute atomic E-state index is 6.15. The van der Waals surface area contributed by atoms with Crippen LogP contribution in [-0.4, -0.2) is 30.1 Å². The Bertz CT molecular complexity index is 597. The average Bonchev–Trinajstić information content (AvgIpc) is 2.55. The molecule has 3 heteroatoms. The number of ether oxygens (including phenoxy) is 1. The van der Waals surface area contributed by atoms with Crippen LogP contribution in [-0.2, 0) is 6.54 Å². The highest BCUT2D eigenvalue weighted by molar-refractivity contribution is 5.57. The van der Waals surface area contributed by atoms with Crippen LogP contribution in [0.2, 0.25) is 0 Å². The van der Waals surface area contributed by atoms with Gasteiger partial charge >= 0.3 is 0 Å². The Morgan fingerprint density at radius 2 is 1.82 bits per heavy atom. The zero-order valence-corrected chi connectivity index (χ0v) is 13.3. The molecule has 3 rings (SSSR count). The SMILES string of the molecule is CC(C)N(Cc1ccccc1)CC1CNc2ccccc2O1. The van der Waals surface area contributed by atoms with Gasteiger partial charge in [-0.05, 0) is 31.5 Å². The first-order chi connectivity index (χ1) is 10.7. The van der Waals surface area contributed by atoms with Gasteiger partial charge in [-0.2, -0.15) is 0 Å². The molecule has 0 spiro atoms. The van der Waals surface area contributed by atoms with E-state index < -0.39 is 0 Å². The number of hydrogen-bond acceptors (Lipinski definition) is 3. The molecule has 1 aliphatic rings. The summed E-state index contributed by atoms with van der Waals surface area (Å²) in [5.41, 5.74) is 2.44. The van der Waals surface area contributed by atoms with E-state index in [1.807, 2.05) is 18.2 Å². The lowest BCUT2D eigenvalue weighted by atomic mass is 10.1. The predicted octanol–water partition coefficient (Wildman–Crippen LogP) is 3.77. The first-order valence-corrected chi connectivity index (χ1v) is 8.00. The van der Waals surface area contributed by atoms with Gasteiger partial charge < -0.3 is 10.1 Å². The van der Waals surface area contributed by atoms with Crippen LogP contribution in [0.1, 0.15) is 19.4 Å². The van der Waals surface area contributed by atoms with Crippen molar-refractivity contribution in [1.82, 2.24) is 4.90 Å². The summed E-state index contributed by atoms with van der Waals surface area (Å²) in [5.74, 6) is 0.960. The number of hydrogen-bond donors (Lipinski definition) is 1. The van der Waals surface area contributed by atoms with Gasteiger partial charge in [0.1, 0.15) is 11.9 Å². The van der Waals surface area contributed by atoms with Crippen molar-refractivity contribution in [3.63, 3.8) is 0 Å². The third kappa shape index (κ3) is 3.60. The van der Waals surface area contributed by atoms with Crippen LogP contribution in [0.3, 0.4) is 0 Å². The fourth-order valence-electron chi connectivity index (χ4n) is 2.80. The molecule has 1 atom stereocenters. The molecule has 0 radical (unpaired) electrons. The van der Waals surface area contributed by atoms with E-state index in [4.69, 9.17) is 4.74 Å². The first kappa shape index (κ1) is 14.9. The smallest absolute Gasteiger partial charge is 0.142 e. The molecular formula is C19H24N2O. The lowest BCUT2D eigenvalue weighted by molar-refractivity contribution is 0.111. The lowest BCUT2D eigenvalue weighted by Crippen LogP contribution is -2.44. The zero-order chi connectivity index (χ0) is 15.4. The Balaban J connectivity index is 1.65. The van der Waals surface area contributed by atoms with Gasteiger partial charge in [0.15, 0.2) is 0 Å². The van der Waals surface area contributed by atoms with Gasteiger partial charge in [0, 0.05) is 19.1 Å². The van der Waals surface area contributed by atoms with Crippen LogP contribution >= 0.6 is 0 Å². The van der Waals surface area contributed by atoms with Crippen LogP contribution in [0.5, 0.6) is 5.75 Å². The highest BCUT2D eigenvalue weighted by Crippen LogP contribution is 2.28. The standard InChI is InChI=1S/C19H24N2O/c1-15(2)21(13-16-8-4-3-5-9-16)14-17-12-20-18-10-6-7-11-19(18)22-17/h3-11,15,17,20H,12-14H2,1-2H3. The monoisotopic (exact) mass is 296 g/mol. The molecule has 1 N–H and O–H groups in total. The summed E-state index contributed by atoms with van der Waals surface area (Å²) >= 11 is 0. The molecule has 22 heavy (non-hydrogen) atoms. The second kappa shape index (κ2) is 6.84. The molecule has 1 heterocycles. The van der Waals surface area contributed by atoms with E-state index in [0.717, 1.165) is 31.1 Å². The summed E-state index contributed by atoms with van der Waals surface area (Å²) in [6, 6.07) is 19.3. The third-order valence-corrected chi connectivity index (χ3v) is 4.10. The summed E-state index contributed by atoms with van der Waals surface area (Å²) < 4.78 is 6.15. The van der Waals surface area contributed by atoms with Crippen LogP contribution < -0.4 is 10.1 Å². The molecule has 1 unspecified atom stereocenters. The largest absolute Gasteiger partial charge is 0.485 e. The molecule has 2 aromatic carbocycles. The molecule has 0 aliphatic carbocycles. The summed E-state index contributed by atoms with van der Waals surface area (Å²) in [4.78, 5) is 2.47. The molecule has 0 fully saturated rings. The number of anilines is 1. The third-order valence-electron chi connectivity index (χ3n) is 4.10. The number of nitrogens with one attached hydrogen (secondary N) is 1. The van der Waals surface area contributed by atoms with Crippen molar-refractivity contribution in [3.8, 4) is 5.75 Å². The van der Waals surface area contributed by atoms with Crippen molar-refractivity contribution < 1.29 is 4.74 Å². The minimum Gasteiger partial charge on any atom is -0.485 e. The number of para-hydroxylation sites is 2. The average molecular weight is 296 g/mol. The van der Waals surface area contributed by atoms with Crippen molar-refractivity contribution in [2.45, 2.75) is 32.5 Å². The molecule has 0 saturated heterocycles. The number of fused-ring (bicyclic) bond motifs is 1. The van der Waals surface area contributed by atoms with Gasteiger partial charge in [-0.25, -0.2) is 0 Å². The Labute approximate surface area is 132 Å². The molecule has 3 nitrogen and oxygen atoms in total. The molecule has 0 bridgehead atoms. The molecule has 0 aromatic heterocycles. The van der Waals surface area contributed by atoms with Crippen molar-refractivity contribution in [3.05, 3.63) is 60.2 Å². The van der Waals surface area contributed by atoms with Crippen LogP contribution in [0, 0.1) is 0 Å². The predicted molar refractivity (Wildman–Crippen MR) is 91.3 cm³/mol. The van der Waals surface area contributed by atoms with E-state index >= 15 is 0 Å². The van der Waals surface area contributed by atoms with Gasteiger partial charge in [-0.3, -0.25) is 4.90 Å². The Morgan fingerprint density at radius 3 is 2.59 bits per heavy atom. The van der Waals surface area contributed by atoms with E-state index in [1.54, 1.807) is 0 Å². The fraction of sp³-hybridized carbons (Fsp3) is 0.368. The summed E-state index contributed by atoms with van der Waals surface area (Å²) in [7, 11) is 0. The summed E-state index contributed by atoms with van der Waals surface area (Å²) in [6.07, 6.45) is 0.181. The molecule has 0 saturated carbocycles. The highest BCUT2D eigenvalue weighted by atomic mass is 16.5. The van der Waals surface area contributed by atoms with Crippen molar-refractivity contribution in [2.24, 2.45) is 0 Å². The maximum atomic E-state index is 6.15. The minimum atomic E-state index is 0.181. The molecule has 1 aliphatic heterocycles. The first-order valence-electron chi connectivity index (χ1n) is 8.00. The van der Waals surface area contributed by atoms with E-state index in [0.29, 0.717) is 6.04 Å². The van der Waals surface area contributed by atoms with Crippen molar-refractivity contribution >= 4 is 5.69 Å². The van der Waals surface area contributed by atoms with Gasteiger partial charge in [0.05, 0.1) is 12.2 Å². The van der Waals surface area contributed by atoms with Crippen molar-refractivity contribution in [2.75, 3.05) is 18.4 Å². The van der Waals surface area contributed by atoms with Gasteiger partial charge in [-0.15, -0.1) is 0 Å². The van der Waals surface area contributed by atoms with Gasteiger partial charge in [0.25, 0.3) is 0 Å². The van der Waals surface area contributed by atoms with Gasteiger partial charge in [-0.1, -0.05) is 42.5 Å². The van der Waals surface area contributed by atoms with E-state index in [2.05, 4.69) is 60.5 Å². The second-order valence-corrected chi connectivity index (χ2v) is 6.13. The van der Waals surface area contributed by atoms with Crippen LogP contribution in [0.4, 0.5) is 5.69 Å². The Morgan fingerprint density at radius 1 is 1.09 bits per heavy atom. The van der Waals surface area contributed by atoms with E-state index in [9.17, 15) is 0 Å². The molecule has 116 valence electrons. The van der Waals surface area contributed by atoms with E-state index in [1.165, 1.54) is 5.56 Å². The second-order valence-electron chi connectivity index (χ2n) is 6.13. The summed E-state index contributed by atoms with van der Waals surface area (Å²) in [5, 5.41) is 3.47. The quantitative estimate of drug-likeness (QED) is 0.909. The molecule has 0 amide bonds. The maximum Gasteiger partial charge on any atom is 0.142 e. The number of benzene rings is 2. The molecule has 2 aromatic rings. The molecular weight excluding hydrogens is 272 g/mol. The topological polar surface area (TPSA) is 24.5 Å². The minimum absolute atomic E-state index is 0.181. The van der Waals surface area contributed by atoms with Crippen LogP contribution in [0.25, 0.3) is 0 Å². The lowest BCUT2D eigenvalue weighted by Gasteiger charge is -2.34. The number of nitrogens with zero attached hydrogens (tertiary/aromatic N) is 1. The van der Waals surface area contributed by atoms with E-state index in [-0.39, 0.29) is 6.10 Å². The van der Waals surface area contributed by atoms with Gasteiger partial charge in [0.2, 0.25) is 0 Å². The highest BCUT2D eigenvalue weighted by Gasteiger charge is 2.22. The summed E-state index contributed by atoms with van der Waals surface area (Å²) in [6.45, 7) is 7.23. The Kier molecular flexibility index (Phi) is 4.64.